The fourth-order valence-electron chi connectivity index (χ4n) is 0.419. The summed E-state index contributed by atoms with van der Waals surface area (Å²) in [5.41, 5.74) is 0. The number of rotatable bonds is 0. The largest absolute Gasteiger partial charge is 0.235 e. The Kier molecular flexibility index (Phi) is 2.32. The van der Waals surface area contributed by atoms with Gasteiger partial charge < -0.3 is 0 Å². The van der Waals surface area contributed by atoms with Crippen LogP contribution in [0.4, 0.5) is 0 Å². The van der Waals surface area contributed by atoms with Gasteiger partial charge >= 0.3 is 0 Å². The molecule has 0 bridgehead atoms. The molecule has 1 aliphatic heterocycles. The molecule has 9 heavy (non-hydrogen) atoms. The van der Waals surface area contributed by atoms with Gasteiger partial charge in [-0.1, -0.05) is 5.92 Å². The van der Waals surface area contributed by atoms with Crippen molar-refractivity contribution in [3.63, 3.8) is 0 Å². The summed E-state index contributed by atoms with van der Waals surface area (Å²) >= 11 is 4.71. The minimum atomic E-state index is -2.08. The number of hydrogen-bond acceptors (Lipinski definition) is 4. The predicted molar refractivity (Wildman–Crippen MR) is 48.2 cm³/mol. The maximum absolute atomic E-state index is 11.0. The Morgan fingerprint density at radius 3 is 2.78 bits per heavy atom. The predicted octanol–water partition coefficient (Wildman–Crippen LogP) is 1.04. The Morgan fingerprint density at radius 2 is 2.56 bits per heavy atom. The lowest BCUT2D eigenvalue weighted by Gasteiger charge is -1.90. The molecule has 0 N–H and O–H groups in total. The summed E-state index contributed by atoms with van der Waals surface area (Å²) in [7, 11) is 2.53. The van der Waals surface area contributed by atoms with Crippen LogP contribution in [0.25, 0.3) is 0 Å². The Balaban J connectivity index is 2.72. The smallest absolute Gasteiger partial charge is 0.135 e. The summed E-state index contributed by atoms with van der Waals surface area (Å²) in [4.78, 5) is 0. The van der Waals surface area contributed by atoms with Crippen molar-refractivity contribution in [1.82, 2.24) is 0 Å². The minimum Gasteiger partial charge on any atom is -0.235 e. The van der Waals surface area contributed by atoms with Gasteiger partial charge in [0.1, 0.15) is 6.56 Å². The van der Waals surface area contributed by atoms with Gasteiger partial charge in [0.2, 0.25) is 0 Å². The SMILES string of the molecule is C#CC1CSS(=O)(=S)S1. The van der Waals surface area contributed by atoms with Crippen molar-refractivity contribution in [1.29, 1.82) is 0 Å². The van der Waals surface area contributed by atoms with Gasteiger partial charge in [-0.3, -0.25) is 0 Å². The normalized spacial score (nSPS) is 42.3. The molecule has 50 valence electrons. The van der Waals surface area contributed by atoms with Crippen molar-refractivity contribution < 1.29 is 4.21 Å². The second-order valence-corrected chi connectivity index (χ2v) is 11.0. The molecule has 0 aromatic carbocycles. The summed E-state index contributed by atoms with van der Waals surface area (Å²) in [6, 6.07) is 0. The molecule has 1 rings (SSSR count). The third kappa shape index (κ3) is 2.04. The van der Waals surface area contributed by atoms with Gasteiger partial charge in [0, 0.05) is 16.9 Å². The van der Waals surface area contributed by atoms with E-state index in [0.29, 0.717) is 0 Å². The van der Waals surface area contributed by atoms with E-state index >= 15 is 0 Å². The summed E-state index contributed by atoms with van der Waals surface area (Å²) in [6.07, 6.45) is 5.10. The first-order valence-corrected chi connectivity index (χ1v) is 7.56. The van der Waals surface area contributed by atoms with Crippen molar-refractivity contribution in [2.24, 2.45) is 0 Å². The minimum absolute atomic E-state index is 0.0694. The van der Waals surface area contributed by atoms with Crippen LogP contribution in [-0.4, -0.2) is 15.2 Å². The fraction of sp³-hybridized carbons (Fsp3) is 0.500. The Labute approximate surface area is 66.8 Å². The number of hydrogen-bond donors (Lipinski definition) is 0. The van der Waals surface area contributed by atoms with Crippen LogP contribution in [0.1, 0.15) is 0 Å². The van der Waals surface area contributed by atoms with Gasteiger partial charge in [-0.2, -0.15) is 0 Å². The average Bonchev–Trinajstić information content (AvgIpc) is 2.10. The molecule has 1 heterocycles. The quantitative estimate of drug-likeness (QED) is 0.425. The van der Waals surface area contributed by atoms with E-state index in [9.17, 15) is 4.21 Å². The van der Waals surface area contributed by atoms with Crippen LogP contribution >= 0.6 is 21.6 Å². The summed E-state index contributed by atoms with van der Waals surface area (Å²) < 4.78 is 11.0. The third-order valence-electron chi connectivity index (χ3n) is 0.784. The zero-order valence-corrected chi connectivity index (χ0v) is 7.67. The van der Waals surface area contributed by atoms with Gasteiger partial charge in [0.05, 0.1) is 5.25 Å². The molecule has 0 spiro atoms. The molecule has 0 saturated carbocycles. The second-order valence-electron chi connectivity index (χ2n) is 1.44. The second kappa shape index (κ2) is 2.70. The van der Waals surface area contributed by atoms with Crippen LogP contribution in [0.3, 0.4) is 0 Å². The van der Waals surface area contributed by atoms with Crippen molar-refractivity contribution >= 4 is 39.3 Å². The number of terminal acetylenes is 1. The van der Waals surface area contributed by atoms with E-state index in [1.807, 2.05) is 0 Å². The Morgan fingerprint density at radius 1 is 1.89 bits per heavy atom. The summed E-state index contributed by atoms with van der Waals surface area (Å²) in [6.45, 7) is -2.08. The highest BCUT2D eigenvalue weighted by atomic mass is 33.7. The van der Waals surface area contributed by atoms with E-state index in [4.69, 9.17) is 17.6 Å². The third-order valence-corrected chi connectivity index (χ3v) is 8.35. The van der Waals surface area contributed by atoms with E-state index in [1.54, 1.807) is 0 Å². The average molecular weight is 196 g/mol. The van der Waals surface area contributed by atoms with Gasteiger partial charge in [-0.15, -0.1) is 6.42 Å². The molecule has 0 aliphatic carbocycles. The van der Waals surface area contributed by atoms with E-state index in [1.165, 1.54) is 21.6 Å². The molecule has 5 heteroatoms. The zero-order valence-electron chi connectivity index (χ0n) is 4.40. The molecular formula is C4H4OS4. The molecule has 0 radical (unpaired) electrons. The first-order chi connectivity index (χ1) is 4.14. The van der Waals surface area contributed by atoms with Crippen LogP contribution in [0.15, 0.2) is 0 Å². The molecule has 0 aromatic rings. The van der Waals surface area contributed by atoms with Crippen molar-refractivity contribution in [2.45, 2.75) is 5.25 Å². The topological polar surface area (TPSA) is 17.1 Å². The maximum atomic E-state index is 11.0. The van der Waals surface area contributed by atoms with E-state index in [2.05, 4.69) is 5.92 Å². The first kappa shape index (κ1) is 7.73. The fourth-order valence-corrected chi connectivity index (χ4v) is 7.69. The summed E-state index contributed by atoms with van der Waals surface area (Å²) in [5.74, 6) is 3.26. The molecule has 0 amide bonds. The molecule has 0 aromatic heterocycles. The molecule has 2 unspecified atom stereocenters. The van der Waals surface area contributed by atoms with Crippen LogP contribution in [0, 0.1) is 12.3 Å². The highest BCUT2D eigenvalue weighted by Gasteiger charge is 2.24. The lowest BCUT2D eigenvalue weighted by Crippen LogP contribution is -1.93. The molecular weight excluding hydrogens is 192 g/mol. The van der Waals surface area contributed by atoms with E-state index < -0.39 is 6.56 Å². The maximum Gasteiger partial charge on any atom is 0.135 e. The van der Waals surface area contributed by atoms with E-state index in [0.717, 1.165) is 5.75 Å². The molecule has 1 aliphatic rings. The van der Waals surface area contributed by atoms with Crippen molar-refractivity contribution in [2.75, 3.05) is 5.75 Å². The molecule has 1 nitrogen and oxygen atoms in total. The summed E-state index contributed by atoms with van der Waals surface area (Å²) in [5, 5.41) is 0.0694. The lowest BCUT2D eigenvalue weighted by molar-refractivity contribution is 0.698. The van der Waals surface area contributed by atoms with E-state index in [-0.39, 0.29) is 5.25 Å². The van der Waals surface area contributed by atoms with Crippen LogP contribution < -0.4 is 0 Å². The first-order valence-electron chi connectivity index (χ1n) is 2.18. The molecule has 1 saturated heterocycles. The monoisotopic (exact) mass is 196 g/mol. The lowest BCUT2D eigenvalue weighted by atomic mass is 10.5. The van der Waals surface area contributed by atoms with Gasteiger partial charge in [0.15, 0.2) is 0 Å². The van der Waals surface area contributed by atoms with Crippen LogP contribution in [0.5, 0.6) is 0 Å². The van der Waals surface area contributed by atoms with Crippen LogP contribution in [-0.2, 0) is 17.7 Å². The molecule has 2 atom stereocenters. The van der Waals surface area contributed by atoms with Gasteiger partial charge in [-0.25, -0.2) is 4.21 Å². The highest BCUT2D eigenvalue weighted by molar-refractivity contribution is 9.16. The van der Waals surface area contributed by atoms with Crippen molar-refractivity contribution in [3.05, 3.63) is 0 Å². The Bertz CT molecular complexity index is 234. The van der Waals surface area contributed by atoms with Gasteiger partial charge in [-0.05, 0) is 21.6 Å². The molecule has 1 fully saturated rings. The zero-order chi connectivity index (χ0) is 6.91. The Hall–Kier alpha value is 0.630. The standard InChI is InChI=1S/C4H4OS4/c1-2-4-3-7-9(5,6)8-4/h1,4H,3H2. The van der Waals surface area contributed by atoms with Gasteiger partial charge in [0.25, 0.3) is 0 Å². The highest BCUT2D eigenvalue weighted by Crippen LogP contribution is 2.39. The van der Waals surface area contributed by atoms with Crippen molar-refractivity contribution in [3.8, 4) is 12.3 Å². The van der Waals surface area contributed by atoms with Crippen LogP contribution in [0.2, 0.25) is 0 Å².